The third-order valence-electron chi connectivity index (χ3n) is 11.1. The van der Waals surface area contributed by atoms with E-state index in [1.807, 2.05) is 20.1 Å². The van der Waals surface area contributed by atoms with Crippen molar-refractivity contribution in [1.29, 1.82) is 0 Å². The van der Waals surface area contributed by atoms with Crippen molar-refractivity contribution < 1.29 is 14.3 Å². The van der Waals surface area contributed by atoms with Gasteiger partial charge in [-0.15, -0.1) is 0 Å². The molecule has 0 spiro atoms. The van der Waals surface area contributed by atoms with E-state index >= 15 is 0 Å². The summed E-state index contributed by atoms with van der Waals surface area (Å²) in [5.74, 6) is 1.87. The number of carbonyl (C=O) groups excluding carboxylic acids is 2. The maximum atomic E-state index is 13.7. The number of morpholine rings is 1. The van der Waals surface area contributed by atoms with Crippen LogP contribution in [-0.2, 0) is 14.3 Å². The first-order valence-corrected chi connectivity index (χ1v) is 17.5. The van der Waals surface area contributed by atoms with Crippen LogP contribution >= 0.6 is 0 Å². The zero-order chi connectivity index (χ0) is 31.6. The molecule has 1 heterocycles. The van der Waals surface area contributed by atoms with Crippen LogP contribution in [-0.4, -0.2) is 68.4 Å². The van der Waals surface area contributed by atoms with Gasteiger partial charge < -0.3 is 19.9 Å². The Morgan fingerprint density at radius 1 is 1.00 bits per heavy atom. The summed E-state index contributed by atoms with van der Waals surface area (Å²) in [6.07, 6.45) is 12.8. The van der Waals surface area contributed by atoms with Crippen LogP contribution in [0.5, 0.6) is 0 Å². The molecule has 0 aromatic heterocycles. The standard InChI is InChI=1S/C37H53N5O3/c1-5-41(6-2)32-11-7-26(8-12-32)20-30-9-10-31(34(30)42-13-15-45-16-14-42)24-38-40-35(43)33(25(3)4)39-36(44)37-21-27-17-28(22-37)19-29(18-27)23-37/h7-8,11-12,20,24-25,27-29,33H,5-6,9-10,13-19,21-23H2,1-4H3,(H,39,44)(H,40,43)/b30-20+,38-24-/t27?,28?,29?,33-,37?/m0/s1. The number of hydrogen-bond donors (Lipinski definition) is 2. The number of allylic oxidation sites excluding steroid dienone is 2. The zero-order valence-corrected chi connectivity index (χ0v) is 27.8. The lowest BCUT2D eigenvalue weighted by Gasteiger charge is -2.55. The van der Waals surface area contributed by atoms with E-state index in [4.69, 9.17) is 4.74 Å². The molecule has 244 valence electrons. The Balaban J connectivity index is 1.15. The lowest BCUT2D eigenvalue weighted by molar-refractivity contribution is -0.149. The van der Waals surface area contributed by atoms with E-state index in [9.17, 15) is 9.59 Å². The Hall–Kier alpha value is -3.13. The molecule has 1 aromatic rings. The van der Waals surface area contributed by atoms with Gasteiger partial charge in [0.15, 0.2) is 0 Å². The second-order valence-corrected chi connectivity index (χ2v) is 14.5. The van der Waals surface area contributed by atoms with Crippen molar-refractivity contribution in [3.05, 3.63) is 46.7 Å². The van der Waals surface area contributed by atoms with Crippen LogP contribution in [0.2, 0.25) is 0 Å². The number of hydrazone groups is 1. The number of anilines is 1. The van der Waals surface area contributed by atoms with Gasteiger partial charge in [0.2, 0.25) is 5.91 Å². The summed E-state index contributed by atoms with van der Waals surface area (Å²) < 4.78 is 5.66. The molecule has 4 bridgehead atoms. The maximum absolute atomic E-state index is 13.7. The highest BCUT2D eigenvalue weighted by atomic mass is 16.5. The van der Waals surface area contributed by atoms with E-state index in [0.29, 0.717) is 31.0 Å². The van der Waals surface area contributed by atoms with E-state index < -0.39 is 6.04 Å². The summed E-state index contributed by atoms with van der Waals surface area (Å²) in [4.78, 5) is 31.9. The molecule has 5 aliphatic carbocycles. The fourth-order valence-corrected chi connectivity index (χ4v) is 9.20. The van der Waals surface area contributed by atoms with Crippen LogP contribution < -0.4 is 15.6 Å². The van der Waals surface area contributed by atoms with Crippen molar-refractivity contribution in [3.63, 3.8) is 0 Å². The van der Waals surface area contributed by atoms with Crippen LogP contribution in [0.15, 0.2) is 46.2 Å². The van der Waals surface area contributed by atoms with Crippen LogP contribution in [0.25, 0.3) is 6.08 Å². The highest BCUT2D eigenvalue weighted by Gasteiger charge is 2.55. The van der Waals surface area contributed by atoms with Gasteiger partial charge in [-0.05, 0) is 124 Å². The van der Waals surface area contributed by atoms with Crippen molar-refractivity contribution in [2.24, 2.45) is 34.2 Å². The molecule has 5 fully saturated rings. The van der Waals surface area contributed by atoms with Crippen LogP contribution in [0.1, 0.15) is 84.6 Å². The van der Waals surface area contributed by atoms with E-state index in [1.165, 1.54) is 41.8 Å². The van der Waals surface area contributed by atoms with Crippen LogP contribution in [0.3, 0.4) is 0 Å². The first-order valence-electron chi connectivity index (χ1n) is 17.5. The van der Waals surface area contributed by atoms with E-state index in [0.717, 1.165) is 63.9 Å². The number of rotatable bonds is 11. The molecule has 1 saturated heterocycles. The quantitative estimate of drug-likeness (QED) is 0.244. The summed E-state index contributed by atoms with van der Waals surface area (Å²) in [6.45, 7) is 13.4. The van der Waals surface area contributed by atoms with Gasteiger partial charge in [0, 0.05) is 43.0 Å². The second-order valence-electron chi connectivity index (χ2n) is 14.5. The molecule has 1 atom stereocenters. The van der Waals surface area contributed by atoms with E-state index in [2.05, 4.69) is 69.8 Å². The third kappa shape index (κ3) is 6.86. The van der Waals surface area contributed by atoms with Crippen LogP contribution in [0, 0.1) is 29.1 Å². The van der Waals surface area contributed by atoms with Crippen LogP contribution in [0.4, 0.5) is 5.69 Å². The number of nitrogens with one attached hydrogen (secondary N) is 2. The fourth-order valence-electron chi connectivity index (χ4n) is 9.20. The van der Waals surface area contributed by atoms with Gasteiger partial charge in [0.25, 0.3) is 5.91 Å². The molecular weight excluding hydrogens is 562 g/mol. The summed E-state index contributed by atoms with van der Waals surface area (Å²) in [6, 6.07) is 8.21. The second kappa shape index (κ2) is 13.7. The number of hydrogen-bond acceptors (Lipinski definition) is 6. The number of ether oxygens (including phenoxy) is 1. The Labute approximate surface area is 269 Å². The fraction of sp³-hybridized carbons (Fsp3) is 0.649. The molecule has 0 unspecified atom stereocenters. The number of carbonyl (C=O) groups is 2. The first-order chi connectivity index (χ1) is 21.8. The lowest BCUT2D eigenvalue weighted by Crippen LogP contribution is -2.58. The highest BCUT2D eigenvalue weighted by Crippen LogP contribution is 2.60. The minimum atomic E-state index is -0.603. The molecule has 2 N–H and O–H groups in total. The Kier molecular flexibility index (Phi) is 9.69. The van der Waals surface area contributed by atoms with Crippen molar-refractivity contribution in [1.82, 2.24) is 15.6 Å². The van der Waals surface area contributed by atoms with E-state index in [1.54, 1.807) is 0 Å². The molecule has 45 heavy (non-hydrogen) atoms. The maximum Gasteiger partial charge on any atom is 0.262 e. The van der Waals surface area contributed by atoms with Gasteiger partial charge in [0.1, 0.15) is 6.04 Å². The average Bonchev–Trinajstić information content (AvgIpc) is 3.42. The molecule has 6 aliphatic rings. The topological polar surface area (TPSA) is 86.3 Å². The summed E-state index contributed by atoms with van der Waals surface area (Å²) in [5.41, 5.74) is 8.59. The molecule has 1 aliphatic heterocycles. The summed E-state index contributed by atoms with van der Waals surface area (Å²) in [7, 11) is 0. The van der Waals surface area contributed by atoms with Crippen molar-refractivity contribution in [2.45, 2.75) is 85.1 Å². The Morgan fingerprint density at radius 3 is 2.20 bits per heavy atom. The molecule has 2 amide bonds. The van der Waals surface area contributed by atoms with Gasteiger partial charge in [-0.3, -0.25) is 9.59 Å². The summed E-state index contributed by atoms with van der Waals surface area (Å²) in [5, 5.41) is 7.66. The summed E-state index contributed by atoms with van der Waals surface area (Å²) >= 11 is 0. The predicted molar refractivity (Wildman–Crippen MR) is 181 cm³/mol. The molecule has 1 aromatic carbocycles. The molecule has 4 saturated carbocycles. The third-order valence-corrected chi connectivity index (χ3v) is 11.1. The SMILES string of the molecule is CCN(CC)c1ccc(/C=C2\CCC(/C=N\NC(=O)[C@@H](NC(=O)C34CC5CC(CC(C5)C3)C4)C(C)C)=C2N2CCOCC2)cc1. The Morgan fingerprint density at radius 2 is 1.62 bits per heavy atom. The van der Waals surface area contributed by atoms with Gasteiger partial charge in [-0.2, -0.15) is 5.10 Å². The lowest BCUT2D eigenvalue weighted by atomic mass is 9.49. The van der Waals surface area contributed by atoms with Gasteiger partial charge in [0.05, 0.1) is 19.4 Å². The molecule has 8 nitrogen and oxygen atoms in total. The average molecular weight is 616 g/mol. The number of amides is 2. The highest BCUT2D eigenvalue weighted by molar-refractivity contribution is 5.91. The number of nitrogens with zero attached hydrogens (tertiary/aromatic N) is 3. The molecule has 8 heteroatoms. The van der Waals surface area contributed by atoms with Crippen molar-refractivity contribution in [3.8, 4) is 0 Å². The normalized spacial score (nSPS) is 29.2. The largest absolute Gasteiger partial charge is 0.378 e. The van der Waals surface area contributed by atoms with E-state index in [-0.39, 0.29) is 23.1 Å². The van der Waals surface area contributed by atoms with Gasteiger partial charge in [-0.25, -0.2) is 5.43 Å². The van der Waals surface area contributed by atoms with Crippen molar-refractivity contribution in [2.75, 3.05) is 44.3 Å². The smallest absolute Gasteiger partial charge is 0.262 e. The Bertz CT molecular complexity index is 1280. The minimum Gasteiger partial charge on any atom is -0.378 e. The molecule has 0 radical (unpaired) electrons. The van der Waals surface area contributed by atoms with Crippen molar-refractivity contribution >= 4 is 29.8 Å². The molecular formula is C37H53N5O3. The van der Waals surface area contributed by atoms with Gasteiger partial charge in [-0.1, -0.05) is 26.0 Å². The minimum absolute atomic E-state index is 0.0321. The monoisotopic (exact) mass is 615 g/mol. The first kappa shape index (κ1) is 31.8. The molecule has 7 rings (SSSR count). The predicted octanol–water partition coefficient (Wildman–Crippen LogP) is 5.76. The van der Waals surface area contributed by atoms with Gasteiger partial charge >= 0.3 is 0 Å². The zero-order valence-electron chi connectivity index (χ0n) is 27.8. The number of benzene rings is 1.